The number of hydrogen-bond donors (Lipinski definition) is 0. The van der Waals surface area contributed by atoms with Gasteiger partial charge >= 0.3 is 0 Å². The lowest BCUT2D eigenvalue weighted by atomic mass is 10.1. The molecule has 4 aromatic rings. The SMILES string of the molecule is COc1ccc(CN(Cc2ccc(OC)cc2OC)S(=O)(=O)C(C)(C)c2nc(-c3ccc(Cl)cc3)no2)c(OC)c1. The fourth-order valence-electron chi connectivity index (χ4n) is 4.19. The van der Waals surface area contributed by atoms with E-state index in [1.165, 1.54) is 32.4 Å². The van der Waals surface area contributed by atoms with Crippen molar-refractivity contribution in [2.45, 2.75) is 31.7 Å². The fraction of sp³-hybridized carbons (Fsp3) is 0.310. The van der Waals surface area contributed by atoms with Crippen LogP contribution in [0.1, 0.15) is 30.9 Å². The van der Waals surface area contributed by atoms with Crippen molar-refractivity contribution in [2.75, 3.05) is 28.4 Å². The monoisotopic (exact) mass is 601 g/mol. The molecule has 3 aromatic carbocycles. The summed E-state index contributed by atoms with van der Waals surface area (Å²) in [6.07, 6.45) is 0. The first-order valence-electron chi connectivity index (χ1n) is 12.6. The number of aromatic nitrogens is 2. The molecule has 0 bridgehead atoms. The molecule has 0 aliphatic rings. The second kappa shape index (κ2) is 12.4. The third-order valence-corrected chi connectivity index (χ3v) is 9.36. The van der Waals surface area contributed by atoms with Crippen LogP contribution in [0.4, 0.5) is 0 Å². The van der Waals surface area contributed by atoms with Gasteiger partial charge in [-0.05, 0) is 50.2 Å². The van der Waals surface area contributed by atoms with Crippen LogP contribution < -0.4 is 18.9 Å². The van der Waals surface area contributed by atoms with Crippen molar-refractivity contribution in [1.82, 2.24) is 14.4 Å². The minimum Gasteiger partial charge on any atom is -0.497 e. The molecule has 0 N–H and O–H groups in total. The van der Waals surface area contributed by atoms with E-state index >= 15 is 0 Å². The summed E-state index contributed by atoms with van der Waals surface area (Å²) in [5.74, 6) is 2.31. The summed E-state index contributed by atoms with van der Waals surface area (Å²) in [5, 5.41) is 4.59. The van der Waals surface area contributed by atoms with E-state index in [9.17, 15) is 8.42 Å². The van der Waals surface area contributed by atoms with E-state index in [2.05, 4.69) is 10.1 Å². The average molecular weight is 602 g/mol. The molecule has 218 valence electrons. The van der Waals surface area contributed by atoms with Crippen LogP contribution in [-0.4, -0.2) is 51.3 Å². The van der Waals surface area contributed by atoms with Crippen molar-refractivity contribution in [3.05, 3.63) is 82.7 Å². The Hall–Kier alpha value is -3.80. The summed E-state index contributed by atoms with van der Waals surface area (Å²) in [5.41, 5.74) is 1.90. The summed E-state index contributed by atoms with van der Waals surface area (Å²) < 4.78 is 55.9. The molecule has 0 unspecified atom stereocenters. The predicted octanol–water partition coefficient (Wildman–Crippen LogP) is 5.69. The van der Waals surface area contributed by atoms with E-state index in [-0.39, 0.29) is 24.8 Å². The molecule has 1 heterocycles. The van der Waals surface area contributed by atoms with Crippen molar-refractivity contribution in [3.63, 3.8) is 0 Å². The van der Waals surface area contributed by atoms with E-state index < -0.39 is 14.8 Å². The third kappa shape index (κ3) is 6.27. The molecule has 1 aromatic heterocycles. The maximum absolute atomic E-state index is 14.4. The first kappa shape index (κ1) is 30.2. The van der Waals surface area contributed by atoms with Gasteiger partial charge in [0.2, 0.25) is 21.7 Å². The first-order valence-corrected chi connectivity index (χ1v) is 14.4. The van der Waals surface area contributed by atoms with E-state index in [1.54, 1.807) is 74.9 Å². The Balaban J connectivity index is 1.77. The van der Waals surface area contributed by atoms with E-state index in [0.29, 0.717) is 44.7 Å². The number of methoxy groups -OCH3 is 4. The van der Waals surface area contributed by atoms with E-state index in [0.717, 1.165) is 0 Å². The molecule has 41 heavy (non-hydrogen) atoms. The maximum atomic E-state index is 14.4. The van der Waals surface area contributed by atoms with Gasteiger partial charge in [-0.1, -0.05) is 28.9 Å². The molecule has 0 amide bonds. The Morgan fingerprint density at radius 1 is 0.805 bits per heavy atom. The van der Waals surface area contributed by atoms with Gasteiger partial charge in [-0.2, -0.15) is 9.29 Å². The minimum atomic E-state index is -4.16. The molecule has 12 heteroatoms. The number of benzene rings is 3. The Morgan fingerprint density at radius 2 is 1.32 bits per heavy atom. The maximum Gasteiger partial charge on any atom is 0.249 e. The van der Waals surface area contributed by atoms with Crippen LogP contribution in [0, 0.1) is 0 Å². The van der Waals surface area contributed by atoms with Crippen LogP contribution >= 0.6 is 11.6 Å². The van der Waals surface area contributed by atoms with Crippen LogP contribution in [0.25, 0.3) is 11.4 Å². The van der Waals surface area contributed by atoms with Gasteiger partial charge in [-0.15, -0.1) is 0 Å². The van der Waals surface area contributed by atoms with Gasteiger partial charge < -0.3 is 23.5 Å². The molecule has 0 radical (unpaired) electrons. The number of hydrogen-bond acceptors (Lipinski definition) is 9. The third-order valence-electron chi connectivity index (χ3n) is 6.71. The highest BCUT2D eigenvalue weighted by molar-refractivity contribution is 7.90. The molecule has 0 aliphatic carbocycles. The van der Waals surface area contributed by atoms with Crippen molar-refractivity contribution in [2.24, 2.45) is 0 Å². The molecule has 4 rings (SSSR count). The Labute approximate surface area is 244 Å². The highest BCUT2D eigenvalue weighted by Crippen LogP contribution is 2.37. The molecule has 0 saturated heterocycles. The Kier molecular flexibility index (Phi) is 9.11. The zero-order valence-electron chi connectivity index (χ0n) is 23.7. The summed E-state index contributed by atoms with van der Waals surface area (Å²) in [6, 6.07) is 17.3. The summed E-state index contributed by atoms with van der Waals surface area (Å²) in [4.78, 5) is 4.45. The molecule has 10 nitrogen and oxygen atoms in total. The topological polar surface area (TPSA) is 113 Å². The summed E-state index contributed by atoms with van der Waals surface area (Å²) in [6.45, 7) is 3.02. The highest BCUT2D eigenvalue weighted by Gasteiger charge is 2.46. The standard InChI is InChI=1S/C29H32ClN3O7S/c1-29(2,28-31-27(32-40-28)19-7-11-22(30)12-8-19)41(34,35)33(17-20-9-13-23(36-3)15-25(20)38-5)18-21-10-14-24(37-4)16-26(21)39-6/h7-16H,17-18H2,1-6H3. The largest absolute Gasteiger partial charge is 0.497 e. The normalized spacial score (nSPS) is 11.9. The number of sulfonamides is 1. The zero-order chi connectivity index (χ0) is 29.8. The number of nitrogens with zero attached hydrogens (tertiary/aromatic N) is 3. The number of ether oxygens (including phenoxy) is 4. The lowest BCUT2D eigenvalue weighted by Crippen LogP contribution is -2.42. The summed E-state index contributed by atoms with van der Waals surface area (Å²) in [7, 11) is 1.97. The van der Waals surface area contributed by atoms with Gasteiger partial charge in [0, 0.05) is 46.9 Å². The van der Waals surface area contributed by atoms with E-state index in [4.69, 9.17) is 35.1 Å². The first-order chi connectivity index (χ1) is 19.5. The Bertz CT molecular complexity index is 1550. The van der Waals surface area contributed by atoms with Crippen LogP contribution in [-0.2, 0) is 27.9 Å². The number of halogens is 1. The second-order valence-corrected chi connectivity index (χ2v) is 12.5. The smallest absolute Gasteiger partial charge is 0.249 e. The van der Waals surface area contributed by atoms with Gasteiger partial charge in [-0.3, -0.25) is 0 Å². The van der Waals surface area contributed by atoms with Gasteiger partial charge in [0.1, 0.15) is 23.0 Å². The van der Waals surface area contributed by atoms with Gasteiger partial charge in [0.25, 0.3) is 0 Å². The second-order valence-electron chi connectivity index (χ2n) is 9.57. The van der Waals surface area contributed by atoms with Crippen molar-refractivity contribution < 1.29 is 31.9 Å². The van der Waals surface area contributed by atoms with Gasteiger partial charge in [-0.25, -0.2) is 8.42 Å². The molecule has 0 aliphatic heterocycles. The average Bonchev–Trinajstić information content (AvgIpc) is 3.48. The number of rotatable bonds is 12. The van der Waals surface area contributed by atoms with Crippen LogP contribution in [0.5, 0.6) is 23.0 Å². The zero-order valence-corrected chi connectivity index (χ0v) is 25.2. The molecule has 0 spiro atoms. The molecule has 0 fully saturated rings. The lowest BCUT2D eigenvalue weighted by Gasteiger charge is -2.31. The van der Waals surface area contributed by atoms with Crippen LogP contribution in [0.2, 0.25) is 5.02 Å². The summed E-state index contributed by atoms with van der Waals surface area (Å²) >= 11 is 6.00. The molecule has 0 atom stereocenters. The van der Waals surface area contributed by atoms with Crippen molar-refractivity contribution in [3.8, 4) is 34.4 Å². The van der Waals surface area contributed by atoms with Gasteiger partial charge in [0.15, 0.2) is 4.75 Å². The highest BCUT2D eigenvalue weighted by atomic mass is 35.5. The predicted molar refractivity (Wildman–Crippen MR) is 155 cm³/mol. The quantitative estimate of drug-likeness (QED) is 0.202. The van der Waals surface area contributed by atoms with Gasteiger partial charge in [0.05, 0.1) is 28.4 Å². The molecular formula is C29H32ClN3O7S. The lowest BCUT2D eigenvalue weighted by molar-refractivity contribution is 0.320. The van der Waals surface area contributed by atoms with Crippen LogP contribution in [0.15, 0.2) is 65.2 Å². The van der Waals surface area contributed by atoms with E-state index in [1.807, 2.05) is 0 Å². The fourth-order valence-corrected chi connectivity index (χ4v) is 5.88. The van der Waals surface area contributed by atoms with Crippen molar-refractivity contribution in [1.29, 1.82) is 0 Å². The molecular weight excluding hydrogens is 570 g/mol. The molecule has 0 saturated carbocycles. The Morgan fingerprint density at radius 3 is 1.78 bits per heavy atom. The van der Waals surface area contributed by atoms with Crippen molar-refractivity contribution >= 4 is 21.6 Å². The van der Waals surface area contributed by atoms with Crippen LogP contribution in [0.3, 0.4) is 0 Å². The minimum absolute atomic E-state index is 0.0215.